The first-order chi connectivity index (χ1) is 14.6. The molecule has 11 heteroatoms. The molecule has 0 aliphatic carbocycles. The van der Waals surface area contributed by atoms with E-state index in [1.807, 2.05) is 25.1 Å². The van der Waals surface area contributed by atoms with Gasteiger partial charge < -0.3 is 14.8 Å². The van der Waals surface area contributed by atoms with Crippen molar-refractivity contribution in [2.45, 2.75) is 13.3 Å². The van der Waals surface area contributed by atoms with Gasteiger partial charge in [0, 0.05) is 25.0 Å². The Morgan fingerprint density at radius 1 is 1.27 bits per heavy atom. The molecule has 0 atom stereocenters. The standard InChI is InChI=1S/C19H16N6O4S/c1-11-20-6-7-24(11)19-22-17(13-9-16(25(26)27)30-18(13)23-19)21-5-4-12-2-3-14-15(8-12)29-10-28-14/h2-3,6-9H,4-5,10H2,1H3,(H,21,22,23). The molecule has 0 amide bonds. The van der Waals surface area contributed by atoms with Gasteiger partial charge in [-0.25, -0.2) is 9.97 Å². The molecular weight excluding hydrogens is 408 g/mol. The van der Waals surface area contributed by atoms with E-state index in [-0.39, 0.29) is 11.8 Å². The van der Waals surface area contributed by atoms with Gasteiger partial charge >= 0.3 is 5.00 Å². The molecule has 0 saturated carbocycles. The normalized spacial score (nSPS) is 12.4. The number of hydrogen-bond acceptors (Lipinski definition) is 9. The maximum Gasteiger partial charge on any atom is 0.326 e. The van der Waals surface area contributed by atoms with E-state index >= 15 is 0 Å². The van der Waals surface area contributed by atoms with E-state index in [0.717, 1.165) is 34.2 Å². The molecule has 0 spiro atoms. The molecule has 1 aliphatic heterocycles. The lowest BCUT2D eigenvalue weighted by atomic mass is 10.1. The number of nitro groups is 1. The molecule has 0 unspecified atom stereocenters. The van der Waals surface area contributed by atoms with Crippen LogP contribution >= 0.6 is 11.3 Å². The zero-order chi connectivity index (χ0) is 20.7. The first-order valence-electron chi connectivity index (χ1n) is 9.17. The van der Waals surface area contributed by atoms with Crippen LogP contribution in [-0.4, -0.2) is 37.8 Å². The second-order valence-electron chi connectivity index (χ2n) is 6.64. The number of nitrogens with one attached hydrogen (secondary N) is 1. The van der Waals surface area contributed by atoms with Crippen molar-refractivity contribution in [2.24, 2.45) is 0 Å². The fourth-order valence-corrected chi connectivity index (χ4v) is 4.08. The molecule has 0 saturated heterocycles. The van der Waals surface area contributed by atoms with Gasteiger partial charge in [-0.05, 0) is 42.4 Å². The first kappa shape index (κ1) is 18.3. The second kappa shape index (κ2) is 7.26. The number of aryl methyl sites for hydroxylation is 1. The van der Waals surface area contributed by atoms with Crippen LogP contribution in [0.25, 0.3) is 16.2 Å². The molecule has 0 bridgehead atoms. The Hall–Kier alpha value is -3.73. The Balaban J connectivity index is 1.44. The van der Waals surface area contributed by atoms with E-state index in [4.69, 9.17) is 9.47 Å². The molecule has 10 nitrogen and oxygen atoms in total. The highest BCUT2D eigenvalue weighted by molar-refractivity contribution is 7.21. The number of imidazole rings is 1. The predicted octanol–water partition coefficient (Wildman–Crippen LogP) is 3.48. The molecule has 0 fully saturated rings. The van der Waals surface area contributed by atoms with E-state index in [2.05, 4.69) is 20.3 Å². The third-order valence-corrected chi connectivity index (χ3v) is 5.71. The van der Waals surface area contributed by atoms with Crippen LogP contribution in [0.4, 0.5) is 10.8 Å². The van der Waals surface area contributed by atoms with Gasteiger partial charge in [0.25, 0.3) is 0 Å². The predicted molar refractivity (Wildman–Crippen MR) is 111 cm³/mol. The van der Waals surface area contributed by atoms with Gasteiger partial charge in [0.05, 0.1) is 10.3 Å². The highest BCUT2D eigenvalue weighted by atomic mass is 32.1. The Kier molecular flexibility index (Phi) is 4.43. The molecule has 152 valence electrons. The number of ether oxygens (including phenoxy) is 2. The summed E-state index contributed by atoms with van der Waals surface area (Å²) >= 11 is 1.03. The number of nitrogens with zero attached hydrogens (tertiary/aromatic N) is 5. The Morgan fingerprint density at radius 3 is 2.93 bits per heavy atom. The molecule has 4 aromatic rings. The van der Waals surface area contributed by atoms with Crippen LogP contribution in [0.1, 0.15) is 11.4 Å². The molecule has 0 radical (unpaired) electrons. The number of aromatic nitrogens is 4. The van der Waals surface area contributed by atoms with Crippen molar-refractivity contribution in [1.82, 2.24) is 19.5 Å². The number of benzene rings is 1. The van der Waals surface area contributed by atoms with Gasteiger partial charge in [0.2, 0.25) is 12.7 Å². The number of anilines is 1. The van der Waals surface area contributed by atoms with Crippen molar-refractivity contribution in [3.63, 3.8) is 0 Å². The molecule has 1 aromatic carbocycles. The summed E-state index contributed by atoms with van der Waals surface area (Å²) in [4.78, 5) is 24.7. The first-order valence-corrected chi connectivity index (χ1v) is 9.99. The smallest absolute Gasteiger partial charge is 0.326 e. The van der Waals surface area contributed by atoms with Crippen molar-refractivity contribution < 1.29 is 14.4 Å². The molecule has 1 aliphatic rings. The van der Waals surface area contributed by atoms with E-state index in [9.17, 15) is 10.1 Å². The summed E-state index contributed by atoms with van der Waals surface area (Å²) in [6.45, 7) is 2.66. The van der Waals surface area contributed by atoms with Gasteiger partial charge in [0.15, 0.2) is 11.5 Å². The summed E-state index contributed by atoms with van der Waals surface area (Å²) in [5, 5.41) is 15.2. The van der Waals surface area contributed by atoms with Gasteiger partial charge in [-0.3, -0.25) is 14.7 Å². The maximum absolute atomic E-state index is 11.3. The average molecular weight is 424 g/mol. The lowest BCUT2D eigenvalue weighted by Crippen LogP contribution is -2.10. The van der Waals surface area contributed by atoms with Crippen molar-refractivity contribution in [1.29, 1.82) is 0 Å². The van der Waals surface area contributed by atoms with Crippen molar-refractivity contribution in [3.05, 3.63) is 58.2 Å². The van der Waals surface area contributed by atoms with Crippen molar-refractivity contribution >= 4 is 32.4 Å². The third-order valence-electron chi connectivity index (χ3n) is 4.73. The monoisotopic (exact) mass is 424 g/mol. The van der Waals surface area contributed by atoms with E-state index in [0.29, 0.717) is 34.9 Å². The Bertz CT molecular complexity index is 1270. The van der Waals surface area contributed by atoms with E-state index in [1.165, 1.54) is 6.07 Å². The second-order valence-corrected chi connectivity index (χ2v) is 7.65. The van der Waals surface area contributed by atoms with Crippen LogP contribution in [0.5, 0.6) is 11.5 Å². The van der Waals surface area contributed by atoms with Crippen LogP contribution in [-0.2, 0) is 6.42 Å². The Labute approximate surface area is 174 Å². The van der Waals surface area contributed by atoms with Gasteiger partial charge in [-0.1, -0.05) is 6.07 Å². The number of hydrogen-bond donors (Lipinski definition) is 1. The van der Waals surface area contributed by atoms with Crippen molar-refractivity contribution in [3.8, 4) is 17.4 Å². The summed E-state index contributed by atoms with van der Waals surface area (Å²) < 4.78 is 12.5. The van der Waals surface area contributed by atoms with Gasteiger partial charge in [0.1, 0.15) is 16.5 Å². The maximum atomic E-state index is 11.3. The van der Waals surface area contributed by atoms with Crippen LogP contribution in [0, 0.1) is 17.0 Å². The molecule has 1 N–H and O–H groups in total. The SMILES string of the molecule is Cc1nccn1-c1nc(NCCc2ccc3c(c2)OCO3)c2cc([N+](=O)[O-])sc2n1. The minimum absolute atomic E-state index is 0.0256. The molecule has 4 heterocycles. The lowest BCUT2D eigenvalue weighted by molar-refractivity contribution is -0.380. The topological polar surface area (TPSA) is 117 Å². The lowest BCUT2D eigenvalue weighted by Gasteiger charge is -2.10. The van der Waals surface area contributed by atoms with Crippen LogP contribution in [0.2, 0.25) is 0 Å². The summed E-state index contributed by atoms with van der Waals surface area (Å²) in [7, 11) is 0. The molecular formula is C19H16N6O4S. The quantitative estimate of drug-likeness (QED) is 0.369. The third kappa shape index (κ3) is 3.28. The fraction of sp³-hybridized carbons (Fsp3) is 0.211. The number of rotatable bonds is 6. The minimum Gasteiger partial charge on any atom is -0.454 e. The zero-order valence-corrected chi connectivity index (χ0v) is 16.7. The highest BCUT2D eigenvalue weighted by Crippen LogP contribution is 2.35. The van der Waals surface area contributed by atoms with Gasteiger partial charge in [-0.2, -0.15) is 4.98 Å². The Morgan fingerprint density at radius 2 is 2.13 bits per heavy atom. The summed E-state index contributed by atoms with van der Waals surface area (Å²) in [6.07, 6.45) is 4.13. The minimum atomic E-state index is -0.412. The number of fused-ring (bicyclic) bond motifs is 2. The van der Waals surface area contributed by atoms with Crippen molar-refractivity contribution in [2.75, 3.05) is 18.7 Å². The van der Waals surface area contributed by atoms with Crippen LogP contribution in [0.3, 0.4) is 0 Å². The molecule has 5 rings (SSSR count). The summed E-state index contributed by atoms with van der Waals surface area (Å²) in [5.41, 5.74) is 1.08. The summed E-state index contributed by atoms with van der Waals surface area (Å²) in [6, 6.07) is 7.34. The van der Waals surface area contributed by atoms with E-state index in [1.54, 1.807) is 17.0 Å². The molecule has 30 heavy (non-hydrogen) atoms. The van der Waals surface area contributed by atoms with Gasteiger partial charge in [-0.15, -0.1) is 0 Å². The molecule has 3 aromatic heterocycles. The van der Waals surface area contributed by atoms with Crippen LogP contribution in [0.15, 0.2) is 36.7 Å². The van der Waals surface area contributed by atoms with E-state index < -0.39 is 4.92 Å². The summed E-state index contributed by atoms with van der Waals surface area (Å²) in [5.74, 6) is 3.18. The average Bonchev–Trinajstić information content (AvgIpc) is 3.46. The van der Waals surface area contributed by atoms with Crippen LogP contribution < -0.4 is 14.8 Å². The fourth-order valence-electron chi connectivity index (χ4n) is 3.24. The highest BCUT2D eigenvalue weighted by Gasteiger charge is 2.19. The zero-order valence-electron chi connectivity index (χ0n) is 15.9. The largest absolute Gasteiger partial charge is 0.454 e. The number of thiophene rings is 1.